The summed E-state index contributed by atoms with van der Waals surface area (Å²) >= 11 is 0. The fourth-order valence-corrected chi connectivity index (χ4v) is 2.45. The first-order valence-electron chi connectivity index (χ1n) is 6.85. The Morgan fingerprint density at radius 1 is 1.53 bits per heavy atom. The molecule has 1 amide bonds. The maximum absolute atomic E-state index is 13.4. The number of hydrogen-bond donors (Lipinski definition) is 2. The molecule has 2 N–H and O–H groups in total. The predicted molar refractivity (Wildman–Crippen MR) is 73.7 cm³/mol. The van der Waals surface area contributed by atoms with Crippen LogP contribution in [0.5, 0.6) is 0 Å². The second-order valence-electron chi connectivity index (χ2n) is 5.33. The SMILES string of the molecule is Cc1ccc(C(=O)NC(C)C2CCCNC2)cc1F. The highest BCUT2D eigenvalue weighted by molar-refractivity contribution is 5.94. The molecule has 0 aliphatic carbocycles. The van der Waals surface area contributed by atoms with Crippen molar-refractivity contribution >= 4 is 5.91 Å². The highest BCUT2D eigenvalue weighted by atomic mass is 19.1. The van der Waals surface area contributed by atoms with Crippen molar-refractivity contribution in [2.24, 2.45) is 5.92 Å². The zero-order valence-electron chi connectivity index (χ0n) is 11.5. The van der Waals surface area contributed by atoms with Crippen molar-refractivity contribution in [1.29, 1.82) is 0 Å². The van der Waals surface area contributed by atoms with Gasteiger partial charge in [0.15, 0.2) is 0 Å². The molecular weight excluding hydrogens is 243 g/mol. The molecular formula is C15H21FN2O. The molecule has 0 saturated carbocycles. The first kappa shape index (κ1) is 14.0. The maximum Gasteiger partial charge on any atom is 0.251 e. The molecule has 2 unspecified atom stereocenters. The summed E-state index contributed by atoms with van der Waals surface area (Å²) in [4.78, 5) is 12.1. The Kier molecular flexibility index (Phi) is 4.53. The minimum absolute atomic E-state index is 0.102. The smallest absolute Gasteiger partial charge is 0.251 e. The molecule has 1 heterocycles. The van der Waals surface area contributed by atoms with Crippen LogP contribution in [0.1, 0.15) is 35.7 Å². The van der Waals surface area contributed by atoms with Crippen LogP contribution in [0.25, 0.3) is 0 Å². The minimum Gasteiger partial charge on any atom is -0.349 e. The summed E-state index contributed by atoms with van der Waals surface area (Å²) in [5.41, 5.74) is 0.944. The molecule has 104 valence electrons. The highest BCUT2D eigenvalue weighted by Gasteiger charge is 2.21. The molecule has 0 radical (unpaired) electrons. The van der Waals surface area contributed by atoms with E-state index in [9.17, 15) is 9.18 Å². The van der Waals surface area contributed by atoms with Gasteiger partial charge in [0.1, 0.15) is 5.82 Å². The van der Waals surface area contributed by atoms with Crippen LogP contribution in [0.4, 0.5) is 4.39 Å². The van der Waals surface area contributed by atoms with Gasteiger partial charge in [-0.1, -0.05) is 6.07 Å². The van der Waals surface area contributed by atoms with Crippen LogP contribution in [0.15, 0.2) is 18.2 Å². The summed E-state index contributed by atoms with van der Waals surface area (Å²) in [6, 6.07) is 4.71. The van der Waals surface area contributed by atoms with Gasteiger partial charge in [0.2, 0.25) is 0 Å². The molecule has 0 bridgehead atoms. The number of nitrogens with one attached hydrogen (secondary N) is 2. The lowest BCUT2D eigenvalue weighted by Crippen LogP contribution is -2.44. The van der Waals surface area contributed by atoms with Crippen molar-refractivity contribution in [3.05, 3.63) is 35.1 Å². The zero-order chi connectivity index (χ0) is 13.8. The Morgan fingerprint density at radius 3 is 2.95 bits per heavy atom. The van der Waals surface area contributed by atoms with Gasteiger partial charge in [-0.05, 0) is 63.4 Å². The van der Waals surface area contributed by atoms with E-state index in [1.165, 1.54) is 6.07 Å². The van der Waals surface area contributed by atoms with Crippen molar-refractivity contribution in [2.45, 2.75) is 32.7 Å². The van der Waals surface area contributed by atoms with Crippen LogP contribution >= 0.6 is 0 Å². The van der Waals surface area contributed by atoms with Gasteiger partial charge in [-0.2, -0.15) is 0 Å². The number of halogens is 1. The summed E-state index contributed by atoms with van der Waals surface area (Å²) in [5.74, 6) is -0.0791. The van der Waals surface area contributed by atoms with Crippen LogP contribution in [0.3, 0.4) is 0 Å². The first-order chi connectivity index (χ1) is 9.08. The third kappa shape index (κ3) is 3.53. The molecule has 3 nitrogen and oxygen atoms in total. The van der Waals surface area contributed by atoms with E-state index in [1.807, 2.05) is 6.92 Å². The van der Waals surface area contributed by atoms with E-state index in [0.717, 1.165) is 25.9 Å². The quantitative estimate of drug-likeness (QED) is 0.879. The number of benzene rings is 1. The van der Waals surface area contributed by atoms with Crippen molar-refractivity contribution in [3.8, 4) is 0 Å². The molecule has 19 heavy (non-hydrogen) atoms. The zero-order valence-corrected chi connectivity index (χ0v) is 11.5. The molecule has 1 aliphatic rings. The lowest BCUT2D eigenvalue weighted by molar-refractivity contribution is 0.0921. The van der Waals surface area contributed by atoms with Crippen LogP contribution in [0, 0.1) is 18.7 Å². The average Bonchev–Trinajstić information content (AvgIpc) is 2.42. The Bertz CT molecular complexity index is 455. The van der Waals surface area contributed by atoms with Crippen LogP contribution in [-0.4, -0.2) is 25.0 Å². The molecule has 0 aromatic heterocycles. The minimum atomic E-state index is -0.334. The second kappa shape index (κ2) is 6.15. The van der Waals surface area contributed by atoms with Crippen LogP contribution < -0.4 is 10.6 Å². The van der Waals surface area contributed by atoms with Gasteiger partial charge in [-0.3, -0.25) is 4.79 Å². The van der Waals surface area contributed by atoms with E-state index in [4.69, 9.17) is 0 Å². The normalized spacial score (nSPS) is 20.9. The predicted octanol–water partition coefficient (Wildman–Crippen LogP) is 2.25. The summed E-state index contributed by atoms with van der Waals surface area (Å²) in [7, 11) is 0. The van der Waals surface area contributed by atoms with Gasteiger partial charge in [0.25, 0.3) is 5.91 Å². The standard InChI is InChI=1S/C15H21FN2O/c1-10-5-6-12(8-14(10)16)15(19)18-11(2)13-4-3-7-17-9-13/h5-6,8,11,13,17H,3-4,7,9H2,1-2H3,(H,18,19). The van der Waals surface area contributed by atoms with E-state index in [-0.39, 0.29) is 17.8 Å². The van der Waals surface area contributed by atoms with Crippen LogP contribution in [-0.2, 0) is 0 Å². The Hall–Kier alpha value is -1.42. The van der Waals surface area contributed by atoms with Gasteiger partial charge in [-0.25, -0.2) is 4.39 Å². The van der Waals surface area contributed by atoms with Gasteiger partial charge in [0, 0.05) is 11.6 Å². The van der Waals surface area contributed by atoms with Gasteiger partial charge in [0.05, 0.1) is 0 Å². The molecule has 1 aliphatic heterocycles. The Labute approximate surface area is 113 Å². The number of amides is 1. The van der Waals surface area contributed by atoms with Crippen LogP contribution in [0.2, 0.25) is 0 Å². The number of rotatable bonds is 3. The maximum atomic E-state index is 13.4. The van der Waals surface area contributed by atoms with E-state index >= 15 is 0 Å². The van der Waals surface area contributed by atoms with Crippen molar-refractivity contribution in [3.63, 3.8) is 0 Å². The van der Waals surface area contributed by atoms with Gasteiger partial charge < -0.3 is 10.6 Å². The third-order valence-corrected chi connectivity index (χ3v) is 3.83. The highest BCUT2D eigenvalue weighted by Crippen LogP contribution is 2.15. The molecule has 4 heteroatoms. The molecule has 2 rings (SSSR count). The number of carbonyl (C=O) groups excluding carboxylic acids is 1. The number of aryl methyl sites for hydroxylation is 1. The topological polar surface area (TPSA) is 41.1 Å². The van der Waals surface area contributed by atoms with E-state index < -0.39 is 0 Å². The van der Waals surface area contributed by atoms with E-state index in [2.05, 4.69) is 10.6 Å². The summed E-state index contributed by atoms with van der Waals surface area (Å²) in [6.45, 7) is 5.69. The van der Waals surface area contributed by atoms with E-state index in [1.54, 1.807) is 19.1 Å². The van der Waals surface area contributed by atoms with E-state index in [0.29, 0.717) is 17.0 Å². The van der Waals surface area contributed by atoms with Gasteiger partial charge >= 0.3 is 0 Å². The van der Waals surface area contributed by atoms with Crippen molar-refractivity contribution in [2.75, 3.05) is 13.1 Å². The summed E-state index contributed by atoms with van der Waals surface area (Å²) in [5, 5.41) is 6.30. The van der Waals surface area contributed by atoms with Crippen molar-refractivity contribution in [1.82, 2.24) is 10.6 Å². The summed E-state index contributed by atoms with van der Waals surface area (Å²) in [6.07, 6.45) is 2.26. The molecule has 1 saturated heterocycles. The molecule has 0 spiro atoms. The fraction of sp³-hybridized carbons (Fsp3) is 0.533. The first-order valence-corrected chi connectivity index (χ1v) is 6.85. The second-order valence-corrected chi connectivity index (χ2v) is 5.33. The largest absolute Gasteiger partial charge is 0.349 e. The number of carbonyl (C=O) groups is 1. The number of piperidine rings is 1. The molecule has 2 atom stereocenters. The summed E-state index contributed by atoms with van der Waals surface area (Å²) < 4.78 is 13.4. The third-order valence-electron chi connectivity index (χ3n) is 3.83. The monoisotopic (exact) mass is 264 g/mol. The number of hydrogen-bond acceptors (Lipinski definition) is 2. The molecule has 1 aromatic rings. The lowest BCUT2D eigenvalue weighted by Gasteiger charge is -2.29. The van der Waals surface area contributed by atoms with Gasteiger partial charge in [-0.15, -0.1) is 0 Å². The fourth-order valence-electron chi connectivity index (χ4n) is 2.45. The lowest BCUT2D eigenvalue weighted by atomic mass is 9.92. The molecule has 1 aromatic carbocycles. The van der Waals surface area contributed by atoms with Crippen molar-refractivity contribution < 1.29 is 9.18 Å². The molecule has 1 fully saturated rings. The Morgan fingerprint density at radius 2 is 2.32 bits per heavy atom. The Balaban J connectivity index is 1.97. The average molecular weight is 264 g/mol.